The average molecular weight is 453 g/mol. The highest BCUT2D eigenvalue weighted by Gasteiger charge is 2.11. The molecule has 190 valence electrons. The van der Waals surface area contributed by atoms with Gasteiger partial charge in [-0.2, -0.15) is 0 Å². The molecule has 0 radical (unpaired) electrons. The van der Waals surface area contributed by atoms with Crippen molar-refractivity contribution in [2.24, 2.45) is 5.41 Å². The summed E-state index contributed by atoms with van der Waals surface area (Å²) in [5.41, 5.74) is 6.94. The summed E-state index contributed by atoms with van der Waals surface area (Å²) in [5, 5.41) is 0. The van der Waals surface area contributed by atoms with E-state index in [9.17, 15) is 4.79 Å². The van der Waals surface area contributed by atoms with E-state index in [1.165, 1.54) is 89.9 Å². The molecule has 0 aromatic heterocycles. The first-order valence-corrected chi connectivity index (χ1v) is 13.6. The van der Waals surface area contributed by atoms with Crippen LogP contribution in [0.3, 0.4) is 0 Å². The molecular formula is C28H56N2O2. The topological polar surface area (TPSA) is 50.4 Å². The number of unbranched alkanes of at least 4 members (excludes halogenated alkanes) is 12. The molecule has 0 saturated heterocycles. The van der Waals surface area contributed by atoms with Crippen molar-refractivity contribution in [1.82, 2.24) is 10.9 Å². The molecule has 1 amide bonds. The Bertz CT molecular complexity index is 457. The summed E-state index contributed by atoms with van der Waals surface area (Å²) < 4.78 is 5.95. The summed E-state index contributed by atoms with van der Waals surface area (Å²) in [6.45, 7) is 16.1. The van der Waals surface area contributed by atoms with Crippen molar-refractivity contribution in [2.75, 3.05) is 13.2 Å². The molecule has 0 heterocycles. The highest BCUT2D eigenvalue weighted by Crippen LogP contribution is 2.22. The van der Waals surface area contributed by atoms with Crippen LogP contribution < -0.4 is 10.9 Å². The van der Waals surface area contributed by atoms with Crippen LogP contribution in [0, 0.1) is 5.41 Å². The molecular weight excluding hydrogens is 396 g/mol. The first kappa shape index (κ1) is 31.1. The van der Waals surface area contributed by atoms with Crippen LogP contribution in [0.5, 0.6) is 0 Å². The maximum absolute atomic E-state index is 11.8. The zero-order valence-electron chi connectivity index (χ0n) is 22.3. The van der Waals surface area contributed by atoms with E-state index in [2.05, 4.69) is 45.1 Å². The van der Waals surface area contributed by atoms with Crippen LogP contribution in [0.2, 0.25) is 0 Å². The summed E-state index contributed by atoms with van der Waals surface area (Å²) in [7, 11) is 0. The Kier molecular flexibility index (Phi) is 20.2. The molecule has 0 fully saturated rings. The fraction of sp³-hybridized carbons (Fsp3) is 0.893. The van der Waals surface area contributed by atoms with Crippen molar-refractivity contribution in [2.45, 2.75) is 143 Å². The van der Waals surface area contributed by atoms with Gasteiger partial charge in [0.2, 0.25) is 0 Å². The van der Waals surface area contributed by atoms with Crippen LogP contribution in [0.15, 0.2) is 12.2 Å². The minimum atomic E-state index is -0.142. The Hall–Kier alpha value is -0.870. The SMILES string of the molecule is C=C(C)C(=O)NNC(CCCCCCCCC)COCCCCCCCCCC(C)(C)C. The lowest BCUT2D eigenvalue weighted by atomic mass is 9.89. The summed E-state index contributed by atoms with van der Waals surface area (Å²) >= 11 is 0. The summed E-state index contributed by atoms with van der Waals surface area (Å²) in [4.78, 5) is 11.8. The molecule has 0 rings (SSSR count). The molecule has 0 bridgehead atoms. The van der Waals surface area contributed by atoms with Crippen molar-refractivity contribution in [1.29, 1.82) is 0 Å². The van der Waals surface area contributed by atoms with E-state index in [1.54, 1.807) is 6.92 Å². The van der Waals surface area contributed by atoms with Crippen LogP contribution in [0.25, 0.3) is 0 Å². The maximum Gasteiger partial charge on any atom is 0.260 e. The number of hydrogen-bond donors (Lipinski definition) is 2. The molecule has 0 saturated carbocycles. The number of amides is 1. The van der Waals surface area contributed by atoms with Crippen molar-refractivity contribution >= 4 is 5.91 Å². The lowest BCUT2D eigenvalue weighted by Crippen LogP contribution is -2.46. The predicted octanol–water partition coefficient (Wildman–Crippen LogP) is 7.88. The summed E-state index contributed by atoms with van der Waals surface area (Å²) in [5.74, 6) is -0.142. The van der Waals surface area contributed by atoms with Crippen molar-refractivity contribution in [3.05, 3.63) is 12.2 Å². The molecule has 1 unspecified atom stereocenters. The third-order valence-electron chi connectivity index (χ3n) is 5.97. The fourth-order valence-corrected chi connectivity index (χ4v) is 3.79. The number of hydrogen-bond acceptors (Lipinski definition) is 3. The molecule has 0 aliphatic carbocycles. The molecule has 4 nitrogen and oxygen atoms in total. The van der Waals surface area contributed by atoms with Gasteiger partial charge in [-0.3, -0.25) is 10.2 Å². The molecule has 0 aromatic carbocycles. The Morgan fingerprint density at radius 1 is 0.844 bits per heavy atom. The zero-order chi connectivity index (χ0) is 24.1. The number of hydrazine groups is 1. The summed E-state index contributed by atoms with van der Waals surface area (Å²) in [6.07, 6.45) is 20.6. The minimum Gasteiger partial charge on any atom is -0.380 e. The molecule has 1 atom stereocenters. The lowest BCUT2D eigenvalue weighted by molar-refractivity contribution is -0.118. The number of ether oxygens (including phenoxy) is 1. The third kappa shape index (κ3) is 22.3. The molecule has 2 N–H and O–H groups in total. The van der Waals surface area contributed by atoms with Gasteiger partial charge in [0, 0.05) is 18.2 Å². The van der Waals surface area contributed by atoms with E-state index >= 15 is 0 Å². The number of nitrogens with one attached hydrogen (secondary N) is 2. The lowest BCUT2D eigenvalue weighted by Gasteiger charge is -2.19. The van der Waals surface area contributed by atoms with E-state index in [4.69, 9.17) is 4.74 Å². The third-order valence-corrected chi connectivity index (χ3v) is 5.97. The smallest absolute Gasteiger partial charge is 0.260 e. The second-order valence-corrected chi connectivity index (χ2v) is 10.8. The van der Waals surface area contributed by atoms with E-state index in [0.717, 1.165) is 19.4 Å². The Balaban J connectivity index is 3.85. The van der Waals surface area contributed by atoms with E-state index in [-0.39, 0.29) is 11.9 Å². The van der Waals surface area contributed by atoms with E-state index in [1.807, 2.05) is 0 Å². The molecule has 0 aliphatic rings. The second kappa shape index (κ2) is 20.7. The monoisotopic (exact) mass is 452 g/mol. The van der Waals surface area contributed by atoms with Gasteiger partial charge < -0.3 is 4.74 Å². The van der Waals surface area contributed by atoms with Gasteiger partial charge in [0.05, 0.1) is 6.61 Å². The number of carbonyl (C=O) groups excluding carboxylic acids is 1. The second-order valence-electron chi connectivity index (χ2n) is 10.8. The van der Waals surface area contributed by atoms with Gasteiger partial charge in [-0.05, 0) is 31.6 Å². The summed E-state index contributed by atoms with van der Waals surface area (Å²) in [6, 6.07) is 0.164. The van der Waals surface area contributed by atoms with Crippen LogP contribution in [-0.2, 0) is 9.53 Å². The zero-order valence-corrected chi connectivity index (χ0v) is 22.3. The Labute approximate surface area is 200 Å². The van der Waals surface area contributed by atoms with Gasteiger partial charge in [-0.15, -0.1) is 0 Å². The minimum absolute atomic E-state index is 0.142. The standard InChI is InChI=1S/C28H56N2O2/c1-7-8-9-10-12-15-18-21-26(29-30-27(31)25(2)3)24-32-23-20-17-14-11-13-16-19-22-28(4,5)6/h26,29H,2,7-24H2,1,3-6H3,(H,30,31). The Morgan fingerprint density at radius 3 is 1.94 bits per heavy atom. The van der Waals surface area contributed by atoms with Crippen LogP contribution in [-0.4, -0.2) is 25.2 Å². The van der Waals surface area contributed by atoms with Gasteiger partial charge in [-0.25, -0.2) is 5.43 Å². The fourth-order valence-electron chi connectivity index (χ4n) is 3.79. The Morgan fingerprint density at radius 2 is 1.38 bits per heavy atom. The van der Waals surface area contributed by atoms with Gasteiger partial charge in [-0.1, -0.05) is 118 Å². The molecule has 4 heteroatoms. The van der Waals surface area contributed by atoms with E-state index in [0.29, 0.717) is 17.6 Å². The van der Waals surface area contributed by atoms with Gasteiger partial charge in [0.25, 0.3) is 5.91 Å². The first-order chi connectivity index (χ1) is 15.3. The predicted molar refractivity (Wildman–Crippen MR) is 140 cm³/mol. The normalized spacial score (nSPS) is 12.7. The largest absolute Gasteiger partial charge is 0.380 e. The van der Waals surface area contributed by atoms with Crippen molar-refractivity contribution < 1.29 is 9.53 Å². The molecule has 0 spiro atoms. The highest BCUT2D eigenvalue weighted by molar-refractivity contribution is 5.91. The molecule has 0 aromatic rings. The van der Waals surface area contributed by atoms with Gasteiger partial charge >= 0.3 is 0 Å². The highest BCUT2D eigenvalue weighted by atomic mass is 16.5. The number of rotatable bonds is 22. The van der Waals surface area contributed by atoms with Crippen LogP contribution in [0.4, 0.5) is 0 Å². The van der Waals surface area contributed by atoms with Gasteiger partial charge in [0.1, 0.15) is 0 Å². The van der Waals surface area contributed by atoms with Gasteiger partial charge in [0.15, 0.2) is 0 Å². The van der Waals surface area contributed by atoms with Crippen LogP contribution in [0.1, 0.15) is 137 Å². The maximum atomic E-state index is 11.8. The molecule has 0 aliphatic heterocycles. The number of carbonyl (C=O) groups is 1. The average Bonchev–Trinajstić information content (AvgIpc) is 2.73. The first-order valence-electron chi connectivity index (χ1n) is 13.6. The van der Waals surface area contributed by atoms with Crippen molar-refractivity contribution in [3.8, 4) is 0 Å². The van der Waals surface area contributed by atoms with Crippen LogP contribution >= 0.6 is 0 Å². The quantitative estimate of drug-likeness (QED) is 0.0997. The van der Waals surface area contributed by atoms with Crippen molar-refractivity contribution in [3.63, 3.8) is 0 Å². The molecule has 32 heavy (non-hydrogen) atoms. The van der Waals surface area contributed by atoms with E-state index < -0.39 is 0 Å².